The molecule has 4 nitrogen and oxygen atoms in total. The smallest absolute Gasteiger partial charge is 0.196 e. The second-order valence-electron chi connectivity index (χ2n) is 5.91. The van der Waals surface area contributed by atoms with E-state index in [1.165, 1.54) is 0 Å². The molecule has 0 bridgehead atoms. The molecule has 0 atom stereocenters. The third-order valence-electron chi connectivity index (χ3n) is 4.41. The fourth-order valence-corrected chi connectivity index (χ4v) is 3.22. The number of benzene rings is 2. The molecule has 0 saturated heterocycles. The minimum Gasteiger partial charge on any atom is -0.496 e. The Hall–Kier alpha value is -3.01. The van der Waals surface area contributed by atoms with Crippen molar-refractivity contribution in [3.05, 3.63) is 69.6 Å². The maximum Gasteiger partial charge on any atom is 0.196 e. The van der Waals surface area contributed by atoms with Gasteiger partial charge in [-0.05, 0) is 48.8 Å². The average molecular weight is 319 g/mol. The molecule has 24 heavy (non-hydrogen) atoms. The monoisotopic (exact) mass is 319 g/mol. The van der Waals surface area contributed by atoms with E-state index in [0.29, 0.717) is 28.8 Å². The SMILES string of the molecule is COc1ccccc1/C=C1\CCc2c1oc1ccc(N)cc1c2=O. The van der Waals surface area contributed by atoms with Crippen molar-refractivity contribution in [3.63, 3.8) is 0 Å². The quantitative estimate of drug-likeness (QED) is 0.728. The standard InChI is InChI=1S/C20H17NO3/c1-23-17-5-3-2-4-12(17)10-13-6-8-15-19(22)16-11-14(21)7-9-18(16)24-20(13)15/h2-5,7,9-11H,6,8,21H2,1H3/b13-10+. The number of nitrogen functional groups attached to an aromatic ring is 1. The molecule has 0 saturated carbocycles. The van der Waals surface area contributed by atoms with Gasteiger partial charge in [-0.1, -0.05) is 18.2 Å². The molecule has 120 valence electrons. The van der Waals surface area contributed by atoms with E-state index in [9.17, 15) is 4.79 Å². The van der Waals surface area contributed by atoms with E-state index < -0.39 is 0 Å². The highest BCUT2D eigenvalue weighted by atomic mass is 16.5. The Bertz CT molecular complexity index is 1030. The molecule has 2 N–H and O–H groups in total. The molecule has 0 fully saturated rings. The average Bonchev–Trinajstić information content (AvgIpc) is 2.99. The number of methoxy groups -OCH3 is 1. The predicted molar refractivity (Wildman–Crippen MR) is 96.1 cm³/mol. The van der Waals surface area contributed by atoms with Crippen LogP contribution >= 0.6 is 0 Å². The van der Waals surface area contributed by atoms with Gasteiger partial charge in [-0.3, -0.25) is 4.79 Å². The van der Waals surface area contributed by atoms with Gasteiger partial charge in [-0.15, -0.1) is 0 Å². The van der Waals surface area contributed by atoms with E-state index in [4.69, 9.17) is 14.9 Å². The van der Waals surface area contributed by atoms with Gasteiger partial charge in [-0.2, -0.15) is 0 Å². The first-order chi connectivity index (χ1) is 11.7. The maximum atomic E-state index is 12.7. The van der Waals surface area contributed by atoms with Crippen LogP contribution in [0.25, 0.3) is 22.6 Å². The summed E-state index contributed by atoms with van der Waals surface area (Å²) < 4.78 is 11.4. The molecule has 1 aromatic heterocycles. The molecule has 0 unspecified atom stereocenters. The number of anilines is 1. The summed E-state index contributed by atoms with van der Waals surface area (Å²) in [6.07, 6.45) is 3.50. The summed E-state index contributed by atoms with van der Waals surface area (Å²) in [5.74, 6) is 1.48. The Morgan fingerprint density at radius 3 is 2.83 bits per heavy atom. The van der Waals surface area contributed by atoms with Crippen molar-refractivity contribution >= 4 is 28.3 Å². The normalized spacial score (nSPS) is 15.0. The van der Waals surface area contributed by atoms with Crippen molar-refractivity contribution in [2.75, 3.05) is 12.8 Å². The molecule has 4 rings (SSSR count). The van der Waals surface area contributed by atoms with Gasteiger partial charge in [0.2, 0.25) is 0 Å². The van der Waals surface area contributed by atoms with Crippen molar-refractivity contribution in [2.45, 2.75) is 12.8 Å². The van der Waals surface area contributed by atoms with E-state index in [1.54, 1.807) is 25.3 Å². The molecule has 3 aromatic rings. The highest BCUT2D eigenvalue weighted by Gasteiger charge is 2.24. The summed E-state index contributed by atoms with van der Waals surface area (Å²) in [7, 11) is 1.65. The van der Waals surface area contributed by atoms with Gasteiger partial charge >= 0.3 is 0 Å². The number of para-hydroxylation sites is 1. The summed E-state index contributed by atoms with van der Waals surface area (Å²) in [4.78, 5) is 12.7. The Balaban J connectivity index is 1.90. The van der Waals surface area contributed by atoms with Crippen LogP contribution in [0.1, 0.15) is 23.3 Å². The van der Waals surface area contributed by atoms with Crippen LogP contribution in [0.2, 0.25) is 0 Å². The van der Waals surface area contributed by atoms with Crippen LogP contribution in [0.5, 0.6) is 5.75 Å². The van der Waals surface area contributed by atoms with Gasteiger partial charge in [0.15, 0.2) is 5.43 Å². The fourth-order valence-electron chi connectivity index (χ4n) is 3.22. The van der Waals surface area contributed by atoms with Gasteiger partial charge in [0, 0.05) is 16.8 Å². The molecule has 1 aliphatic rings. The summed E-state index contributed by atoms with van der Waals surface area (Å²) >= 11 is 0. The fraction of sp³-hybridized carbons (Fsp3) is 0.150. The van der Waals surface area contributed by atoms with Crippen molar-refractivity contribution in [2.24, 2.45) is 0 Å². The molecule has 0 radical (unpaired) electrons. The molecular weight excluding hydrogens is 302 g/mol. The number of ether oxygens (including phenoxy) is 1. The molecule has 1 heterocycles. The molecule has 0 spiro atoms. The Kier molecular flexibility index (Phi) is 3.38. The van der Waals surface area contributed by atoms with Crippen molar-refractivity contribution in [1.82, 2.24) is 0 Å². The number of allylic oxidation sites excluding steroid dienone is 1. The van der Waals surface area contributed by atoms with Gasteiger partial charge in [0.25, 0.3) is 0 Å². The lowest BCUT2D eigenvalue weighted by molar-refractivity contribution is 0.414. The van der Waals surface area contributed by atoms with Crippen LogP contribution in [0, 0.1) is 0 Å². The molecular formula is C20H17NO3. The molecule has 4 heteroatoms. The van der Waals surface area contributed by atoms with Crippen LogP contribution in [-0.2, 0) is 6.42 Å². The highest BCUT2D eigenvalue weighted by molar-refractivity contribution is 5.88. The van der Waals surface area contributed by atoms with Gasteiger partial charge in [0.1, 0.15) is 17.1 Å². The highest BCUT2D eigenvalue weighted by Crippen LogP contribution is 2.35. The number of fused-ring (bicyclic) bond motifs is 2. The maximum absolute atomic E-state index is 12.7. The van der Waals surface area contributed by atoms with Gasteiger partial charge < -0.3 is 14.9 Å². The minimum absolute atomic E-state index is 0.0157. The Morgan fingerprint density at radius 2 is 2.00 bits per heavy atom. The zero-order valence-electron chi connectivity index (χ0n) is 13.3. The van der Waals surface area contributed by atoms with Crippen LogP contribution in [0.3, 0.4) is 0 Å². The topological polar surface area (TPSA) is 65.5 Å². The third kappa shape index (κ3) is 2.27. The second kappa shape index (κ2) is 5.57. The van der Waals surface area contributed by atoms with E-state index in [-0.39, 0.29) is 5.43 Å². The van der Waals surface area contributed by atoms with Crippen molar-refractivity contribution in [1.29, 1.82) is 0 Å². The van der Waals surface area contributed by atoms with E-state index in [1.807, 2.05) is 30.3 Å². The molecule has 0 amide bonds. The first kappa shape index (κ1) is 14.6. The Morgan fingerprint density at radius 1 is 1.17 bits per heavy atom. The lowest BCUT2D eigenvalue weighted by Crippen LogP contribution is -2.08. The first-order valence-electron chi connectivity index (χ1n) is 7.86. The van der Waals surface area contributed by atoms with Crippen LogP contribution < -0.4 is 15.9 Å². The summed E-state index contributed by atoms with van der Waals surface area (Å²) in [6, 6.07) is 13.0. The number of hydrogen-bond acceptors (Lipinski definition) is 4. The largest absolute Gasteiger partial charge is 0.496 e. The van der Waals surface area contributed by atoms with Gasteiger partial charge in [-0.25, -0.2) is 0 Å². The first-order valence-corrected chi connectivity index (χ1v) is 7.86. The molecule has 0 aliphatic heterocycles. The summed E-state index contributed by atoms with van der Waals surface area (Å²) in [5.41, 5.74) is 9.67. The van der Waals surface area contributed by atoms with Crippen LogP contribution in [-0.4, -0.2) is 7.11 Å². The van der Waals surface area contributed by atoms with Crippen molar-refractivity contribution in [3.8, 4) is 5.75 Å². The lowest BCUT2D eigenvalue weighted by Gasteiger charge is -2.07. The number of rotatable bonds is 2. The van der Waals surface area contributed by atoms with E-state index in [0.717, 1.165) is 28.9 Å². The minimum atomic E-state index is 0.0157. The summed E-state index contributed by atoms with van der Waals surface area (Å²) in [6.45, 7) is 0. The van der Waals surface area contributed by atoms with Crippen LogP contribution in [0.4, 0.5) is 5.69 Å². The van der Waals surface area contributed by atoms with Gasteiger partial charge in [0.05, 0.1) is 12.5 Å². The number of hydrogen-bond donors (Lipinski definition) is 1. The third-order valence-corrected chi connectivity index (χ3v) is 4.41. The lowest BCUT2D eigenvalue weighted by atomic mass is 10.1. The molecule has 2 aromatic carbocycles. The number of nitrogens with two attached hydrogens (primary N) is 1. The van der Waals surface area contributed by atoms with Crippen molar-refractivity contribution < 1.29 is 9.15 Å². The zero-order chi connectivity index (χ0) is 16.7. The Labute approximate surface area is 139 Å². The summed E-state index contributed by atoms with van der Waals surface area (Å²) in [5, 5.41) is 0.548. The van der Waals surface area contributed by atoms with Crippen LogP contribution in [0.15, 0.2) is 51.7 Å². The predicted octanol–water partition coefficient (Wildman–Crippen LogP) is 3.87. The van der Waals surface area contributed by atoms with E-state index in [2.05, 4.69) is 0 Å². The second-order valence-corrected chi connectivity index (χ2v) is 5.91. The molecule has 1 aliphatic carbocycles. The zero-order valence-corrected chi connectivity index (χ0v) is 13.3. The van der Waals surface area contributed by atoms with E-state index >= 15 is 0 Å².